The number of carbonyl (C=O) groups excluding carboxylic acids is 3. The number of primary amides is 1. The van der Waals surface area contributed by atoms with Crippen molar-refractivity contribution in [1.82, 2.24) is 0 Å². The van der Waals surface area contributed by atoms with Crippen LogP contribution < -0.4 is 20.3 Å². The van der Waals surface area contributed by atoms with Gasteiger partial charge in [-0.25, -0.2) is 4.90 Å². The lowest BCUT2D eigenvalue weighted by Crippen LogP contribution is -3.17. The molecule has 3 N–H and O–H groups in total. The number of imide groups is 1. The zero-order chi connectivity index (χ0) is 17.3. The van der Waals surface area contributed by atoms with Crippen molar-refractivity contribution < 1.29 is 24.0 Å². The second-order valence-electron chi connectivity index (χ2n) is 6.36. The van der Waals surface area contributed by atoms with Crippen molar-refractivity contribution in [1.29, 1.82) is 0 Å². The summed E-state index contributed by atoms with van der Waals surface area (Å²) in [5.41, 5.74) is 5.92. The van der Waals surface area contributed by atoms with Crippen LogP contribution in [0.2, 0.25) is 0 Å². The van der Waals surface area contributed by atoms with Crippen LogP contribution >= 0.6 is 0 Å². The number of nitrogens with zero attached hydrogens (tertiary/aromatic N) is 1. The molecule has 0 radical (unpaired) electrons. The molecule has 2 heterocycles. The molecule has 0 saturated carbocycles. The lowest BCUT2D eigenvalue weighted by Gasteiger charge is -2.30. The Morgan fingerprint density at radius 3 is 2.38 bits per heavy atom. The molecule has 0 aromatic heterocycles. The summed E-state index contributed by atoms with van der Waals surface area (Å²) < 4.78 is 5.10. The largest absolute Gasteiger partial charge is 0.497 e. The number of carbonyl (C=O) groups is 3. The van der Waals surface area contributed by atoms with Crippen LogP contribution in [-0.4, -0.2) is 44.0 Å². The van der Waals surface area contributed by atoms with Crippen molar-refractivity contribution in [3.8, 4) is 5.75 Å². The molecule has 0 unspecified atom stereocenters. The summed E-state index contributed by atoms with van der Waals surface area (Å²) in [6.07, 6.45) is 1.55. The molecule has 7 nitrogen and oxygen atoms in total. The van der Waals surface area contributed by atoms with Crippen molar-refractivity contribution in [2.24, 2.45) is 11.7 Å². The number of hydrogen-bond acceptors (Lipinski definition) is 4. The maximum Gasteiger partial charge on any atom is 0.292 e. The van der Waals surface area contributed by atoms with Crippen LogP contribution in [0.4, 0.5) is 5.69 Å². The normalized spacial score (nSPS) is 27.4. The summed E-state index contributed by atoms with van der Waals surface area (Å²) in [4.78, 5) is 38.7. The minimum atomic E-state index is -0.367. The molecule has 2 aliphatic heterocycles. The Morgan fingerprint density at radius 1 is 1.21 bits per heavy atom. The molecule has 1 atom stereocenters. The number of nitrogens with one attached hydrogen (secondary N) is 1. The Balaban J connectivity index is 1.71. The predicted molar refractivity (Wildman–Crippen MR) is 86.5 cm³/mol. The van der Waals surface area contributed by atoms with Crippen LogP contribution in [0.5, 0.6) is 5.75 Å². The standard InChI is InChI=1S/C17H21N3O4/c1-24-13-4-2-12(3-5-13)20-15(21)10-14(17(20)23)19-8-6-11(7-9-19)16(18)22/h2-5,11,14H,6-10H2,1H3,(H2,18,22)/p+1/t14-/m1/s1. The molecular weight excluding hydrogens is 310 g/mol. The fraction of sp³-hybridized carbons (Fsp3) is 0.471. The second-order valence-corrected chi connectivity index (χ2v) is 6.36. The van der Waals surface area contributed by atoms with Gasteiger partial charge in [0, 0.05) is 18.8 Å². The fourth-order valence-electron chi connectivity index (χ4n) is 3.58. The number of anilines is 1. The minimum Gasteiger partial charge on any atom is -0.497 e. The molecule has 0 bridgehead atoms. The molecule has 3 amide bonds. The van der Waals surface area contributed by atoms with Crippen molar-refractivity contribution in [2.75, 3.05) is 25.1 Å². The number of quaternary nitrogens is 1. The van der Waals surface area contributed by atoms with Crippen LogP contribution in [-0.2, 0) is 14.4 Å². The molecule has 2 aliphatic rings. The van der Waals surface area contributed by atoms with E-state index < -0.39 is 0 Å². The molecule has 2 fully saturated rings. The third-order valence-corrected chi connectivity index (χ3v) is 5.00. The number of nitrogens with two attached hydrogens (primary N) is 1. The first-order valence-corrected chi connectivity index (χ1v) is 8.16. The first-order chi connectivity index (χ1) is 11.5. The van der Waals surface area contributed by atoms with Gasteiger partial charge in [0.05, 0.1) is 32.3 Å². The first kappa shape index (κ1) is 16.4. The summed E-state index contributed by atoms with van der Waals surface area (Å²) in [6, 6.07) is 6.52. The van der Waals surface area contributed by atoms with Crippen LogP contribution in [0.3, 0.4) is 0 Å². The summed E-state index contributed by atoms with van der Waals surface area (Å²) in [6.45, 7) is 1.38. The average molecular weight is 332 g/mol. The zero-order valence-electron chi connectivity index (χ0n) is 13.7. The molecule has 0 aliphatic carbocycles. The van der Waals surface area contributed by atoms with E-state index in [1.54, 1.807) is 31.4 Å². The fourth-order valence-corrected chi connectivity index (χ4v) is 3.58. The lowest BCUT2D eigenvalue weighted by molar-refractivity contribution is -0.920. The van der Waals surface area contributed by atoms with E-state index in [9.17, 15) is 14.4 Å². The van der Waals surface area contributed by atoms with Crippen LogP contribution in [0.1, 0.15) is 19.3 Å². The van der Waals surface area contributed by atoms with Gasteiger partial charge >= 0.3 is 0 Å². The van der Waals surface area contributed by atoms with Gasteiger partial charge in [-0.1, -0.05) is 0 Å². The van der Waals surface area contributed by atoms with E-state index in [2.05, 4.69) is 0 Å². The number of hydrogen-bond donors (Lipinski definition) is 2. The highest BCUT2D eigenvalue weighted by Crippen LogP contribution is 2.24. The monoisotopic (exact) mass is 332 g/mol. The van der Waals surface area contributed by atoms with E-state index in [0.29, 0.717) is 37.4 Å². The Labute approximate surface area is 140 Å². The van der Waals surface area contributed by atoms with E-state index >= 15 is 0 Å². The third kappa shape index (κ3) is 2.99. The van der Waals surface area contributed by atoms with Gasteiger partial charge in [0.2, 0.25) is 11.8 Å². The molecule has 128 valence electrons. The van der Waals surface area contributed by atoms with Crippen molar-refractivity contribution in [3.05, 3.63) is 24.3 Å². The van der Waals surface area contributed by atoms with Crippen molar-refractivity contribution in [3.63, 3.8) is 0 Å². The molecule has 7 heteroatoms. The van der Waals surface area contributed by atoms with E-state index in [0.717, 1.165) is 4.90 Å². The van der Waals surface area contributed by atoms with Crippen molar-refractivity contribution in [2.45, 2.75) is 25.3 Å². The first-order valence-electron chi connectivity index (χ1n) is 8.16. The van der Waals surface area contributed by atoms with E-state index in [-0.39, 0.29) is 36.1 Å². The van der Waals surface area contributed by atoms with Gasteiger partial charge < -0.3 is 15.4 Å². The topological polar surface area (TPSA) is 94.1 Å². The average Bonchev–Trinajstić information content (AvgIpc) is 2.89. The number of amides is 3. The van der Waals surface area contributed by atoms with Gasteiger partial charge in [-0.15, -0.1) is 0 Å². The zero-order valence-corrected chi connectivity index (χ0v) is 13.7. The highest BCUT2D eigenvalue weighted by atomic mass is 16.5. The molecule has 1 aromatic rings. The minimum absolute atomic E-state index is 0.112. The number of ether oxygens (including phenoxy) is 1. The quantitative estimate of drug-likeness (QED) is 0.699. The molecule has 24 heavy (non-hydrogen) atoms. The van der Waals surface area contributed by atoms with Gasteiger partial charge in [-0.2, -0.15) is 0 Å². The second kappa shape index (κ2) is 6.60. The summed E-state index contributed by atoms with van der Waals surface area (Å²) in [5, 5.41) is 0. The summed E-state index contributed by atoms with van der Waals surface area (Å²) >= 11 is 0. The predicted octanol–water partition coefficient (Wildman–Crippen LogP) is -0.893. The number of likely N-dealkylation sites (tertiary alicyclic amines) is 1. The van der Waals surface area contributed by atoms with Gasteiger partial charge in [0.15, 0.2) is 6.04 Å². The summed E-state index contributed by atoms with van der Waals surface area (Å²) in [7, 11) is 1.57. The van der Waals surface area contributed by atoms with Crippen LogP contribution in [0, 0.1) is 5.92 Å². The molecule has 2 saturated heterocycles. The maximum absolute atomic E-state index is 12.7. The SMILES string of the molecule is COc1ccc(N2C(=O)C[C@@H]([NH+]3CCC(C(N)=O)CC3)C2=O)cc1. The Kier molecular flexibility index (Phi) is 4.53. The maximum atomic E-state index is 12.7. The highest BCUT2D eigenvalue weighted by Gasteiger charge is 2.46. The van der Waals surface area contributed by atoms with Gasteiger partial charge in [0.1, 0.15) is 5.75 Å². The van der Waals surface area contributed by atoms with Crippen molar-refractivity contribution >= 4 is 23.4 Å². The van der Waals surface area contributed by atoms with E-state index in [1.165, 1.54) is 4.90 Å². The number of rotatable bonds is 4. The van der Waals surface area contributed by atoms with Crippen LogP contribution in [0.15, 0.2) is 24.3 Å². The lowest BCUT2D eigenvalue weighted by atomic mass is 9.95. The molecule has 3 rings (SSSR count). The molecular formula is C17H22N3O4+. The molecule has 0 spiro atoms. The molecule has 1 aromatic carbocycles. The Bertz CT molecular complexity index is 650. The van der Waals surface area contributed by atoms with Gasteiger partial charge in [0.25, 0.3) is 5.91 Å². The van der Waals surface area contributed by atoms with Gasteiger partial charge in [-0.3, -0.25) is 14.4 Å². The van der Waals surface area contributed by atoms with E-state index in [1.807, 2.05) is 0 Å². The number of methoxy groups -OCH3 is 1. The summed E-state index contributed by atoms with van der Waals surface area (Å²) in [5.74, 6) is -0.0627. The smallest absolute Gasteiger partial charge is 0.292 e. The number of piperidine rings is 1. The number of benzene rings is 1. The van der Waals surface area contributed by atoms with E-state index in [4.69, 9.17) is 10.5 Å². The van der Waals surface area contributed by atoms with Gasteiger partial charge in [-0.05, 0) is 24.3 Å². The highest BCUT2D eigenvalue weighted by molar-refractivity contribution is 6.21. The Hall–Kier alpha value is -2.41. The third-order valence-electron chi connectivity index (χ3n) is 5.00. The Morgan fingerprint density at radius 2 is 1.83 bits per heavy atom. The van der Waals surface area contributed by atoms with Crippen LogP contribution in [0.25, 0.3) is 0 Å².